The van der Waals surface area contributed by atoms with Gasteiger partial charge in [-0.05, 0) is 31.5 Å². The predicted octanol–water partition coefficient (Wildman–Crippen LogP) is 3.34. The second-order valence-electron chi connectivity index (χ2n) is 4.40. The number of carbonyl (C=O) groups excluding carboxylic acids is 1. The van der Waals surface area contributed by atoms with Gasteiger partial charge in [-0.2, -0.15) is 13.2 Å². The standard InChI is InChI=1S/C14H11F3N2O/c1-8-5-10(14(15,16)17)3-4-11(8)13(20)12-7-18-9(2)6-19-12/h3-7H,1-2H3. The van der Waals surface area contributed by atoms with Crippen molar-refractivity contribution in [3.8, 4) is 0 Å². The Labute approximate surface area is 113 Å². The van der Waals surface area contributed by atoms with Crippen molar-refractivity contribution >= 4 is 5.78 Å². The van der Waals surface area contributed by atoms with Crippen LogP contribution in [0.4, 0.5) is 13.2 Å². The fourth-order valence-electron chi connectivity index (χ4n) is 1.74. The zero-order valence-corrected chi connectivity index (χ0v) is 10.8. The van der Waals surface area contributed by atoms with E-state index in [9.17, 15) is 18.0 Å². The lowest BCUT2D eigenvalue weighted by Gasteiger charge is -2.10. The van der Waals surface area contributed by atoms with Gasteiger partial charge in [-0.3, -0.25) is 9.78 Å². The van der Waals surface area contributed by atoms with E-state index in [4.69, 9.17) is 0 Å². The number of hydrogen-bond donors (Lipinski definition) is 0. The molecule has 104 valence electrons. The van der Waals surface area contributed by atoms with Gasteiger partial charge in [0.15, 0.2) is 0 Å². The average Bonchev–Trinajstić information content (AvgIpc) is 2.37. The number of benzene rings is 1. The van der Waals surface area contributed by atoms with Gasteiger partial charge in [0.25, 0.3) is 0 Å². The summed E-state index contributed by atoms with van der Waals surface area (Å²) in [6.07, 6.45) is -1.67. The first-order chi connectivity index (χ1) is 9.29. The van der Waals surface area contributed by atoms with E-state index in [1.165, 1.54) is 25.4 Å². The summed E-state index contributed by atoms with van der Waals surface area (Å²) in [7, 11) is 0. The summed E-state index contributed by atoms with van der Waals surface area (Å²) in [4.78, 5) is 20.0. The first-order valence-corrected chi connectivity index (χ1v) is 5.80. The highest BCUT2D eigenvalue weighted by molar-refractivity contribution is 6.08. The lowest BCUT2D eigenvalue weighted by Crippen LogP contribution is -2.10. The SMILES string of the molecule is Cc1cnc(C(=O)c2ccc(C(F)(F)F)cc2C)cn1. The van der Waals surface area contributed by atoms with Crippen molar-refractivity contribution in [3.05, 3.63) is 58.7 Å². The Morgan fingerprint density at radius 2 is 1.80 bits per heavy atom. The third-order valence-electron chi connectivity index (χ3n) is 2.81. The molecular weight excluding hydrogens is 269 g/mol. The van der Waals surface area contributed by atoms with Gasteiger partial charge in [0, 0.05) is 11.8 Å². The molecule has 0 saturated carbocycles. The number of nitrogens with zero attached hydrogens (tertiary/aromatic N) is 2. The molecule has 0 spiro atoms. The molecule has 1 aromatic carbocycles. The zero-order chi connectivity index (χ0) is 14.9. The molecule has 0 radical (unpaired) electrons. The Morgan fingerprint density at radius 3 is 2.30 bits per heavy atom. The highest BCUT2D eigenvalue weighted by atomic mass is 19.4. The van der Waals surface area contributed by atoms with E-state index in [-0.39, 0.29) is 16.8 Å². The smallest absolute Gasteiger partial charge is 0.287 e. The van der Waals surface area contributed by atoms with E-state index in [0.29, 0.717) is 5.69 Å². The number of carbonyl (C=O) groups is 1. The Hall–Kier alpha value is -2.24. The summed E-state index contributed by atoms with van der Waals surface area (Å²) in [5, 5.41) is 0. The lowest BCUT2D eigenvalue weighted by molar-refractivity contribution is -0.137. The maximum Gasteiger partial charge on any atom is 0.416 e. The first-order valence-electron chi connectivity index (χ1n) is 5.80. The van der Waals surface area contributed by atoms with Crippen LogP contribution in [0.15, 0.2) is 30.6 Å². The van der Waals surface area contributed by atoms with Crippen molar-refractivity contribution in [1.29, 1.82) is 0 Å². The van der Waals surface area contributed by atoms with Gasteiger partial charge >= 0.3 is 6.18 Å². The van der Waals surface area contributed by atoms with Gasteiger partial charge < -0.3 is 0 Å². The second kappa shape index (κ2) is 5.03. The molecule has 0 fully saturated rings. The Balaban J connectivity index is 2.38. The molecule has 0 N–H and O–H groups in total. The third-order valence-corrected chi connectivity index (χ3v) is 2.81. The normalized spacial score (nSPS) is 11.4. The van der Waals surface area contributed by atoms with Crippen LogP contribution in [-0.4, -0.2) is 15.8 Å². The lowest BCUT2D eigenvalue weighted by atomic mass is 10.00. The summed E-state index contributed by atoms with van der Waals surface area (Å²) in [5.41, 5.74) is 0.439. The van der Waals surface area contributed by atoms with Gasteiger partial charge in [-0.1, -0.05) is 6.07 Å². The van der Waals surface area contributed by atoms with E-state index in [0.717, 1.165) is 12.1 Å². The Morgan fingerprint density at radius 1 is 1.10 bits per heavy atom. The molecular formula is C14H11F3N2O. The van der Waals surface area contributed by atoms with Crippen molar-refractivity contribution in [3.63, 3.8) is 0 Å². The van der Waals surface area contributed by atoms with Gasteiger partial charge in [0.1, 0.15) is 5.69 Å². The van der Waals surface area contributed by atoms with E-state index in [2.05, 4.69) is 9.97 Å². The number of aromatic nitrogens is 2. The second-order valence-corrected chi connectivity index (χ2v) is 4.40. The minimum absolute atomic E-state index is 0.110. The molecule has 1 heterocycles. The van der Waals surface area contributed by atoms with Crippen LogP contribution >= 0.6 is 0 Å². The van der Waals surface area contributed by atoms with Gasteiger partial charge in [0.2, 0.25) is 5.78 Å². The van der Waals surface area contributed by atoms with Crippen LogP contribution in [0.5, 0.6) is 0 Å². The van der Waals surface area contributed by atoms with Crippen molar-refractivity contribution in [1.82, 2.24) is 9.97 Å². The maximum absolute atomic E-state index is 12.6. The van der Waals surface area contributed by atoms with Crippen LogP contribution in [0.25, 0.3) is 0 Å². The number of halogens is 3. The minimum atomic E-state index is -4.42. The molecule has 0 aliphatic heterocycles. The molecule has 20 heavy (non-hydrogen) atoms. The molecule has 0 atom stereocenters. The van der Waals surface area contributed by atoms with Crippen molar-refractivity contribution in [2.45, 2.75) is 20.0 Å². The van der Waals surface area contributed by atoms with E-state index in [1.54, 1.807) is 6.92 Å². The Kier molecular flexibility index (Phi) is 3.57. The molecule has 1 aromatic heterocycles. The van der Waals surface area contributed by atoms with Crippen LogP contribution < -0.4 is 0 Å². The van der Waals surface area contributed by atoms with Crippen LogP contribution in [0.3, 0.4) is 0 Å². The number of rotatable bonds is 2. The molecule has 0 amide bonds. The monoisotopic (exact) mass is 280 g/mol. The van der Waals surface area contributed by atoms with Crippen LogP contribution in [0.1, 0.15) is 32.9 Å². The number of aryl methyl sites for hydroxylation is 2. The molecule has 2 aromatic rings. The molecule has 6 heteroatoms. The molecule has 0 bridgehead atoms. The Bertz CT molecular complexity index is 648. The average molecular weight is 280 g/mol. The number of hydrogen-bond acceptors (Lipinski definition) is 3. The summed E-state index contributed by atoms with van der Waals surface area (Å²) < 4.78 is 37.7. The van der Waals surface area contributed by atoms with Crippen molar-refractivity contribution in [2.24, 2.45) is 0 Å². The fourth-order valence-corrected chi connectivity index (χ4v) is 1.74. The quantitative estimate of drug-likeness (QED) is 0.792. The third kappa shape index (κ3) is 2.84. The molecule has 0 aliphatic carbocycles. The highest BCUT2D eigenvalue weighted by Crippen LogP contribution is 2.30. The van der Waals surface area contributed by atoms with E-state index < -0.39 is 17.5 Å². The minimum Gasteiger partial charge on any atom is -0.287 e. The largest absolute Gasteiger partial charge is 0.416 e. The molecule has 3 nitrogen and oxygen atoms in total. The molecule has 0 aliphatic rings. The maximum atomic E-state index is 12.6. The van der Waals surface area contributed by atoms with E-state index >= 15 is 0 Å². The van der Waals surface area contributed by atoms with Crippen LogP contribution in [-0.2, 0) is 6.18 Å². The summed E-state index contributed by atoms with van der Waals surface area (Å²) >= 11 is 0. The van der Waals surface area contributed by atoms with Crippen LogP contribution in [0, 0.1) is 13.8 Å². The van der Waals surface area contributed by atoms with Gasteiger partial charge in [0.05, 0.1) is 17.5 Å². The van der Waals surface area contributed by atoms with Crippen LogP contribution in [0.2, 0.25) is 0 Å². The number of ketones is 1. The fraction of sp³-hybridized carbons (Fsp3) is 0.214. The molecule has 0 unspecified atom stereocenters. The summed E-state index contributed by atoms with van der Waals surface area (Å²) in [6.45, 7) is 3.19. The van der Waals surface area contributed by atoms with Gasteiger partial charge in [-0.15, -0.1) is 0 Å². The topological polar surface area (TPSA) is 42.9 Å². The first kappa shape index (κ1) is 14.2. The summed E-state index contributed by atoms with van der Waals surface area (Å²) in [5.74, 6) is -0.441. The summed E-state index contributed by atoms with van der Waals surface area (Å²) in [6, 6.07) is 3.01. The van der Waals surface area contributed by atoms with Crippen molar-refractivity contribution in [2.75, 3.05) is 0 Å². The highest BCUT2D eigenvalue weighted by Gasteiger charge is 2.31. The predicted molar refractivity (Wildman–Crippen MR) is 66.4 cm³/mol. The number of alkyl halides is 3. The zero-order valence-electron chi connectivity index (χ0n) is 10.8. The van der Waals surface area contributed by atoms with Gasteiger partial charge in [-0.25, -0.2) is 4.98 Å². The molecule has 0 saturated heterocycles. The van der Waals surface area contributed by atoms with Crippen molar-refractivity contribution < 1.29 is 18.0 Å². The molecule has 2 rings (SSSR count). The van der Waals surface area contributed by atoms with E-state index in [1.807, 2.05) is 0 Å².